The molecule has 0 bridgehead atoms. The fourth-order valence-corrected chi connectivity index (χ4v) is 3.78. The zero-order chi connectivity index (χ0) is 15.1. The van der Waals surface area contributed by atoms with Crippen molar-refractivity contribution in [1.29, 1.82) is 0 Å². The van der Waals surface area contributed by atoms with Crippen LogP contribution in [-0.4, -0.2) is 6.61 Å². The van der Waals surface area contributed by atoms with E-state index in [1.54, 1.807) is 6.07 Å². The maximum atomic E-state index is 14.2. The first kappa shape index (κ1) is 13.8. The lowest BCUT2D eigenvalue weighted by molar-refractivity contribution is 0.0825. The molecule has 4 rings (SSSR count). The van der Waals surface area contributed by atoms with Crippen LogP contribution in [0.4, 0.5) is 10.1 Å². The van der Waals surface area contributed by atoms with Crippen LogP contribution in [-0.2, 0) is 11.2 Å². The number of hydrogen-bond acceptors (Lipinski definition) is 2. The molecule has 0 saturated carbocycles. The quantitative estimate of drug-likeness (QED) is 0.872. The summed E-state index contributed by atoms with van der Waals surface area (Å²) in [6, 6.07) is 13.5. The van der Waals surface area contributed by atoms with Gasteiger partial charge in [0.05, 0.1) is 12.1 Å². The van der Waals surface area contributed by atoms with E-state index in [9.17, 15) is 4.39 Å². The Hall–Kier alpha value is -1.87. The molecule has 0 amide bonds. The molecule has 0 aliphatic carbocycles. The molecule has 22 heavy (non-hydrogen) atoms. The molecule has 3 atom stereocenters. The minimum absolute atomic E-state index is 0.0197. The molecule has 1 saturated heterocycles. The lowest BCUT2D eigenvalue weighted by atomic mass is 9.80. The van der Waals surface area contributed by atoms with Gasteiger partial charge in [0.25, 0.3) is 0 Å². The fraction of sp³-hybridized carbons (Fsp3) is 0.368. The van der Waals surface area contributed by atoms with Crippen molar-refractivity contribution < 1.29 is 9.13 Å². The average Bonchev–Trinajstić information content (AvgIpc) is 3.04. The monoisotopic (exact) mass is 297 g/mol. The van der Waals surface area contributed by atoms with E-state index in [1.807, 2.05) is 12.1 Å². The van der Waals surface area contributed by atoms with Crippen LogP contribution in [0.2, 0.25) is 0 Å². The minimum atomic E-state index is -0.140. The van der Waals surface area contributed by atoms with Crippen LogP contribution in [0.1, 0.15) is 42.2 Å². The molecule has 3 heteroatoms. The highest BCUT2D eigenvalue weighted by Crippen LogP contribution is 2.50. The first-order valence-corrected chi connectivity index (χ1v) is 8.03. The lowest BCUT2D eigenvalue weighted by Gasteiger charge is -2.36. The molecule has 2 heterocycles. The number of aryl methyl sites for hydroxylation is 1. The zero-order valence-electron chi connectivity index (χ0n) is 12.7. The molecule has 0 aromatic heterocycles. The van der Waals surface area contributed by atoms with Gasteiger partial charge in [-0.3, -0.25) is 0 Å². The van der Waals surface area contributed by atoms with Gasteiger partial charge in [-0.15, -0.1) is 0 Å². The summed E-state index contributed by atoms with van der Waals surface area (Å²) in [5.41, 5.74) is 4.37. The van der Waals surface area contributed by atoms with Crippen LogP contribution >= 0.6 is 0 Å². The highest BCUT2D eigenvalue weighted by molar-refractivity contribution is 5.58. The Morgan fingerprint density at radius 1 is 1.18 bits per heavy atom. The lowest BCUT2D eigenvalue weighted by Crippen LogP contribution is -2.30. The van der Waals surface area contributed by atoms with Crippen molar-refractivity contribution in [2.45, 2.75) is 31.9 Å². The smallest absolute Gasteiger partial charge is 0.128 e. The molecule has 2 aromatic rings. The molecular weight excluding hydrogens is 277 g/mol. The van der Waals surface area contributed by atoms with Crippen molar-refractivity contribution in [3.05, 3.63) is 65.0 Å². The fourth-order valence-electron chi connectivity index (χ4n) is 3.78. The van der Waals surface area contributed by atoms with Crippen LogP contribution in [0.5, 0.6) is 0 Å². The molecule has 1 N–H and O–H groups in total. The topological polar surface area (TPSA) is 21.3 Å². The number of benzene rings is 2. The van der Waals surface area contributed by atoms with E-state index in [0.717, 1.165) is 30.7 Å². The van der Waals surface area contributed by atoms with Gasteiger partial charge in [0.1, 0.15) is 5.82 Å². The van der Waals surface area contributed by atoms with Crippen LogP contribution in [0.3, 0.4) is 0 Å². The van der Waals surface area contributed by atoms with Crippen LogP contribution < -0.4 is 5.32 Å². The first-order chi connectivity index (χ1) is 10.8. The van der Waals surface area contributed by atoms with Crippen molar-refractivity contribution in [1.82, 2.24) is 0 Å². The van der Waals surface area contributed by atoms with Gasteiger partial charge in [0, 0.05) is 29.3 Å². The zero-order valence-corrected chi connectivity index (χ0v) is 12.7. The number of halogens is 1. The van der Waals surface area contributed by atoms with E-state index in [2.05, 4.69) is 30.4 Å². The summed E-state index contributed by atoms with van der Waals surface area (Å²) in [5.74, 6) is 0.149. The molecule has 114 valence electrons. The minimum Gasteiger partial charge on any atom is -0.377 e. The highest BCUT2D eigenvalue weighted by atomic mass is 19.1. The second kappa shape index (κ2) is 5.40. The summed E-state index contributed by atoms with van der Waals surface area (Å²) < 4.78 is 20.3. The van der Waals surface area contributed by atoms with E-state index in [0.29, 0.717) is 0 Å². The Bertz CT molecular complexity index is 700. The van der Waals surface area contributed by atoms with Crippen molar-refractivity contribution >= 4 is 5.69 Å². The summed E-state index contributed by atoms with van der Waals surface area (Å²) in [7, 11) is 0. The number of nitrogens with one attached hydrogen (secondary N) is 1. The van der Waals surface area contributed by atoms with E-state index in [4.69, 9.17) is 4.74 Å². The predicted molar refractivity (Wildman–Crippen MR) is 85.4 cm³/mol. The van der Waals surface area contributed by atoms with Gasteiger partial charge in [-0.1, -0.05) is 37.3 Å². The third kappa shape index (κ3) is 2.12. The van der Waals surface area contributed by atoms with E-state index in [-0.39, 0.29) is 23.9 Å². The Kier molecular flexibility index (Phi) is 3.38. The van der Waals surface area contributed by atoms with Crippen molar-refractivity contribution in [2.75, 3.05) is 11.9 Å². The van der Waals surface area contributed by atoms with Gasteiger partial charge in [0.15, 0.2) is 0 Å². The van der Waals surface area contributed by atoms with E-state index in [1.165, 1.54) is 17.2 Å². The largest absolute Gasteiger partial charge is 0.377 e. The van der Waals surface area contributed by atoms with Gasteiger partial charge < -0.3 is 10.1 Å². The SMILES string of the molecule is CCc1ccc2c(c1)C1OCCC1C(c1ccccc1F)N2. The van der Waals surface area contributed by atoms with Crippen LogP contribution in [0.15, 0.2) is 42.5 Å². The Morgan fingerprint density at radius 3 is 2.86 bits per heavy atom. The average molecular weight is 297 g/mol. The van der Waals surface area contributed by atoms with Gasteiger partial charge in [0.2, 0.25) is 0 Å². The molecule has 0 radical (unpaired) electrons. The number of rotatable bonds is 2. The first-order valence-electron chi connectivity index (χ1n) is 8.03. The molecule has 1 fully saturated rings. The normalized spacial score (nSPS) is 26.2. The van der Waals surface area contributed by atoms with Gasteiger partial charge in [-0.2, -0.15) is 0 Å². The van der Waals surface area contributed by atoms with E-state index < -0.39 is 0 Å². The maximum Gasteiger partial charge on any atom is 0.128 e. The molecular formula is C19H20FNO. The summed E-state index contributed by atoms with van der Waals surface area (Å²) >= 11 is 0. The number of anilines is 1. The summed E-state index contributed by atoms with van der Waals surface area (Å²) in [4.78, 5) is 0. The van der Waals surface area contributed by atoms with Crippen LogP contribution in [0.25, 0.3) is 0 Å². The summed E-state index contributed by atoms with van der Waals surface area (Å²) in [6.07, 6.45) is 2.06. The standard InChI is InChI=1S/C19H20FNO/c1-2-12-7-8-17-15(11-12)19-14(9-10-22-19)18(21-17)13-5-3-4-6-16(13)20/h3-8,11,14,18-19,21H,2,9-10H2,1H3. The number of hydrogen-bond donors (Lipinski definition) is 1. The maximum absolute atomic E-state index is 14.2. The predicted octanol–water partition coefficient (Wildman–Crippen LogP) is 4.63. The second-order valence-electron chi connectivity index (χ2n) is 6.16. The Balaban J connectivity index is 1.79. The van der Waals surface area contributed by atoms with Crippen molar-refractivity contribution in [3.8, 4) is 0 Å². The Labute approximate surface area is 130 Å². The number of fused-ring (bicyclic) bond motifs is 3. The van der Waals surface area contributed by atoms with Crippen molar-refractivity contribution in [3.63, 3.8) is 0 Å². The Morgan fingerprint density at radius 2 is 2.05 bits per heavy atom. The highest BCUT2D eigenvalue weighted by Gasteiger charge is 2.42. The third-order valence-corrected chi connectivity index (χ3v) is 4.95. The van der Waals surface area contributed by atoms with Crippen LogP contribution in [0, 0.1) is 11.7 Å². The van der Waals surface area contributed by atoms with Gasteiger partial charge in [-0.25, -0.2) is 4.39 Å². The molecule has 0 spiro atoms. The molecule has 2 nitrogen and oxygen atoms in total. The molecule has 2 aliphatic rings. The summed E-state index contributed by atoms with van der Waals surface area (Å²) in [6.45, 7) is 2.91. The molecule has 2 aromatic carbocycles. The van der Waals surface area contributed by atoms with Gasteiger partial charge >= 0.3 is 0 Å². The molecule has 2 aliphatic heterocycles. The van der Waals surface area contributed by atoms with Gasteiger partial charge in [-0.05, 0) is 30.5 Å². The summed E-state index contributed by atoms with van der Waals surface area (Å²) in [5, 5.41) is 3.56. The number of ether oxygens (including phenoxy) is 1. The third-order valence-electron chi connectivity index (χ3n) is 4.95. The second-order valence-corrected chi connectivity index (χ2v) is 6.16. The van der Waals surface area contributed by atoms with E-state index >= 15 is 0 Å². The molecule has 3 unspecified atom stereocenters. The van der Waals surface area contributed by atoms with Crippen molar-refractivity contribution in [2.24, 2.45) is 5.92 Å².